The number of aromatic nitrogens is 4. The fourth-order valence-corrected chi connectivity index (χ4v) is 2.78. The highest BCUT2D eigenvalue weighted by atomic mass is 16.2. The molecule has 1 aliphatic rings. The largest absolute Gasteiger partial charge is 0.308 e. The van der Waals surface area contributed by atoms with Crippen molar-refractivity contribution >= 4 is 11.6 Å². The molecule has 0 spiro atoms. The molecule has 1 N–H and O–H groups in total. The molecule has 0 fully saturated rings. The van der Waals surface area contributed by atoms with Gasteiger partial charge in [0.05, 0.1) is 0 Å². The van der Waals surface area contributed by atoms with Crippen LogP contribution in [-0.2, 0) is 6.42 Å². The second-order valence-electron chi connectivity index (χ2n) is 5.15. The third kappa shape index (κ3) is 2.05. The van der Waals surface area contributed by atoms with Crippen molar-refractivity contribution in [3.8, 4) is 11.4 Å². The summed E-state index contributed by atoms with van der Waals surface area (Å²) < 4.78 is 0. The highest BCUT2D eigenvalue weighted by molar-refractivity contribution is 6.07. The van der Waals surface area contributed by atoms with Gasteiger partial charge in [0.1, 0.15) is 0 Å². The van der Waals surface area contributed by atoms with E-state index in [9.17, 15) is 4.79 Å². The number of rotatable bonds is 2. The Bertz CT molecular complexity index is 828. The number of fused-ring (bicyclic) bond motifs is 1. The Morgan fingerprint density at radius 3 is 2.91 bits per heavy atom. The van der Waals surface area contributed by atoms with Crippen LogP contribution in [0.15, 0.2) is 48.5 Å². The predicted octanol–water partition coefficient (Wildman–Crippen LogP) is 2.07. The van der Waals surface area contributed by atoms with Crippen LogP contribution in [0, 0.1) is 0 Å². The lowest BCUT2D eigenvalue weighted by molar-refractivity contribution is 0.0989. The Kier molecular flexibility index (Phi) is 2.93. The number of carbonyl (C=O) groups excluding carboxylic acids is 1. The number of H-pyrrole nitrogens is 1. The van der Waals surface area contributed by atoms with Crippen molar-refractivity contribution in [2.45, 2.75) is 6.42 Å². The molecule has 0 aliphatic carbocycles. The van der Waals surface area contributed by atoms with E-state index in [1.54, 1.807) is 6.07 Å². The van der Waals surface area contributed by atoms with Gasteiger partial charge in [-0.05, 0) is 35.4 Å². The molecule has 3 aromatic rings. The maximum atomic E-state index is 12.8. The number of tetrazole rings is 1. The van der Waals surface area contributed by atoms with Crippen LogP contribution < -0.4 is 4.90 Å². The molecule has 1 amide bonds. The average molecular weight is 291 g/mol. The monoisotopic (exact) mass is 291 g/mol. The highest BCUT2D eigenvalue weighted by Gasteiger charge is 2.25. The number of amides is 1. The minimum Gasteiger partial charge on any atom is -0.308 e. The van der Waals surface area contributed by atoms with Crippen LogP contribution in [-0.4, -0.2) is 33.1 Å². The topological polar surface area (TPSA) is 74.8 Å². The van der Waals surface area contributed by atoms with Crippen LogP contribution in [0.2, 0.25) is 0 Å². The van der Waals surface area contributed by atoms with Gasteiger partial charge in [-0.25, -0.2) is 0 Å². The van der Waals surface area contributed by atoms with Gasteiger partial charge in [-0.2, -0.15) is 5.21 Å². The molecule has 0 saturated carbocycles. The fraction of sp³-hybridized carbons (Fsp3) is 0.125. The fourth-order valence-electron chi connectivity index (χ4n) is 2.78. The standard InChI is InChI=1S/C16H13N5O/c22-16(21-9-8-11-4-1-2-7-14(11)21)13-6-3-5-12(10-13)15-17-19-20-18-15/h1-7,10H,8-9H2,(H,17,18,19,20). The molecule has 1 aromatic heterocycles. The maximum absolute atomic E-state index is 12.8. The minimum atomic E-state index is -0.00436. The Labute approximate surface area is 126 Å². The first-order valence-electron chi connectivity index (χ1n) is 7.06. The number of nitrogens with one attached hydrogen (secondary N) is 1. The molecule has 22 heavy (non-hydrogen) atoms. The van der Waals surface area contributed by atoms with E-state index in [2.05, 4.69) is 26.7 Å². The number of benzene rings is 2. The van der Waals surface area contributed by atoms with Gasteiger partial charge in [-0.1, -0.05) is 30.3 Å². The zero-order chi connectivity index (χ0) is 14.9. The van der Waals surface area contributed by atoms with E-state index in [1.807, 2.05) is 41.3 Å². The number of anilines is 1. The van der Waals surface area contributed by atoms with Gasteiger partial charge in [0.15, 0.2) is 0 Å². The van der Waals surface area contributed by atoms with Crippen LogP contribution in [0.3, 0.4) is 0 Å². The van der Waals surface area contributed by atoms with Gasteiger partial charge in [-0.3, -0.25) is 4.79 Å². The minimum absolute atomic E-state index is 0.00436. The van der Waals surface area contributed by atoms with Gasteiger partial charge in [0.25, 0.3) is 5.91 Å². The molecule has 1 aliphatic heterocycles. The first-order chi connectivity index (χ1) is 10.8. The van der Waals surface area contributed by atoms with Crippen LogP contribution in [0.4, 0.5) is 5.69 Å². The van der Waals surface area contributed by atoms with Gasteiger partial charge in [0, 0.05) is 23.4 Å². The van der Waals surface area contributed by atoms with Gasteiger partial charge in [-0.15, -0.1) is 10.2 Å². The molecule has 6 heteroatoms. The Morgan fingerprint density at radius 1 is 1.14 bits per heavy atom. The van der Waals surface area contributed by atoms with Crippen molar-refractivity contribution in [2.24, 2.45) is 0 Å². The number of para-hydroxylation sites is 1. The summed E-state index contributed by atoms with van der Waals surface area (Å²) in [6.07, 6.45) is 0.895. The zero-order valence-electron chi connectivity index (χ0n) is 11.7. The number of carbonyl (C=O) groups is 1. The third-order valence-electron chi connectivity index (χ3n) is 3.85. The van der Waals surface area contributed by atoms with Crippen molar-refractivity contribution in [1.82, 2.24) is 20.6 Å². The molecule has 2 aromatic carbocycles. The summed E-state index contributed by atoms with van der Waals surface area (Å²) in [6, 6.07) is 15.3. The molecule has 0 saturated heterocycles. The van der Waals surface area contributed by atoms with Crippen LogP contribution in [0.5, 0.6) is 0 Å². The van der Waals surface area contributed by atoms with Gasteiger partial charge >= 0.3 is 0 Å². The van der Waals surface area contributed by atoms with Crippen molar-refractivity contribution in [3.63, 3.8) is 0 Å². The van der Waals surface area contributed by atoms with E-state index in [-0.39, 0.29) is 5.91 Å². The molecule has 2 heterocycles. The lowest BCUT2D eigenvalue weighted by atomic mass is 10.1. The lowest BCUT2D eigenvalue weighted by Crippen LogP contribution is -2.28. The predicted molar refractivity (Wildman–Crippen MR) is 81.4 cm³/mol. The van der Waals surface area contributed by atoms with E-state index >= 15 is 0 Å². The average Bonchev–Trinajstić information content (AvgIpc) is 3.24. The van der Waals surface area contributed by atoms with Crippen LogP contribution in [0.25, 0.3) is 11.4 Å². The Hall–Kier alpha value is -3.02. The summed E-state index contributed by atoms with van der Waals surface area (Å²) in [7, 11) is 0. The van der Waals surface area contributed by atoms with Crippen molar-refractivity contribution < 1.29 is 4.79 Å². The molecule has 0 unspecified atom stereocenters. The SMILES string of the molecule is O=C(c1cccc(-c2nn[nH]n2)c1)N1CCc2ccccc21. The Balaban J connectivity index is 1.68. The lowest BCUT2D eigenvalue weighted by Gasteiger charge is -2.17. The number of hydrogen-bond acceptors (Lipinski definition) is 4. The van der Waals surface area contributed by atoms with Crippen LogP contribution >= 0.6 is 0 Å². The van der Waals surface area contributed by atoms with E-state index in [0.29, 0.717) is 17.9 Å². The van der Waals surface area contributed by atoms with Gasteiger partial charge in [0.2, 0.25) is 5.82 Å². The summed E-state index contributed by atoms with van der Waals surface area (Å²) in [5.41, 5.74) is 3.61. The van der Waals surface area contributed by atoms with Crippen molar-refractivity contribution in [2.75, 3.05) is 11.4 Å². The summed E-state index contributed by atoms with van der Waals surface area (Å²) in [5, 5.41) is 13.9. The zero-order valence-corrected chi connectivity index (χ0v) is 11.7. The van der Waals surface area contributed by atoms with E-state index in [0.717, 1.165) is 17.7 Å². The second-order valence-corrected chi connectivity index (χ2v) is 5.15. The van der Waals surface area contributed by atoms with E-state index in [4.69, 9.17) is 0 Å². The maximum Gasteiger partial charge on any atom is 0.258 e. The molecule has 6 nitrogen and oxygen atoms in total. The number of hydrogen-bond donors (Lipinski definition) is 1. The number of nitrogens with zero attached hydrogens (tertiary/aromatic N) is 4. The Morgan fingerprint density at radius 2 is 2.05 bits per heavy atom. The quantitative estimate of drug-likeness (QED) is 0.784. The number of aromatic amines is 1. The molecular weight excluding hydrogens is 278 g/mol. The summed E-state index contributed by atoms with van der Waals surface area (Å²) in [4.78, 5) is 14.6. The first kappa shape index (κ1) is 12.7. The molecule has 0 atom stereocenters. The van der Waals surface area contributed by atoms with Gasteiger partial charge < -0.3 is 4.90 Å². The summed E-state index contributed by atoms with van der Waals surface area (Å²) in [5.74, 6) is 0.478. The van der Waals surface area contributed by atoms with Crippen molar-refractivity contribution in [3.05, 3.63) is 59.7 Å². The molecule has 0 radical (unpaired) electrons. The third-order valence-corrected chi connectivity index (χ3v) is 3.85. The molecular formula is C16H13N5O. The van der Waals surface area contributed by atoms with E-state index in [1.165, 1.54) is 5.56 Å². The summed E-state index contributed by atoms with van der Waals surface area (Å²) in [6.45, 7) is 0.713. The highest BCUT2D eigenvalue weighted by Crippen LogP contribution is 2.29. The smallest absolute Gasteiger partial charge is 0.258 e. The first-order valence-corrected chi connectivity index (χ1v) is 7.06. The molecule has 4 rings (SSSR count). The normalized spacial score (nSPS) is 13.2. The van der Waals surface area contributed by atoms with Crippen molar-refractivity contribution in [1.29, 1.82) is 0 Å². The second kappa shape index (κ2) is 5.07. The van der Waals surface area contributed by atoms with Crippen LogP contribution in [0.1, 0.15) is 15.9 Å². The van der Waals surface area contributed by atoms with E-state index < -0.39 is 0 Å². The molecule has 108 valence electrons. The summed E-state index contributed by atoms with van der Waals surface area (Å²) >= 11 is 0. The molecule has 0 bridgehead atoms.